The van der Waals surface area contributed by atoms with Gasteiger partial charge in [0.2, 0.25) is 15.9 Å². The summed E-state index contributed by atoms with van der Waals surface area (Å²) in [5, 5.41) is 2.92. The van der Waals surface area contributed by atoms with Gasteiger partial charge >= 0.3 is 0 Å². The molecule has 0 aliphatic carbocycles. The van der Waals surface area contributed by atoms with Gasteiger partial charge in [-0.05, 0) is 42.8 Å². The first-order valence-electron chi connectivity index (χ1n) is 10.9. The van der Waals surface area contributed by atoms with Gasteiger partial charge in [-0.1, -0.05) is 18.2 Å². The molecule has 0 unspecified atom stereocenters. The summed E-state index contributed by atoms with van der Waals surface area (Å²) in [4.78, 5) is 16.9. The number of nitrogens with one attached hydrogen (secondary N) is 1. The monoisotopic (exact) mass is 462 g/mol. The molecule has 7 nitrogen and oxygen atoms in total. The average Bonchev–Trinajstić information content (AvgIpc) is 2.80. The molecular weight excluding hydrogens is 431 g/mol. The van der Waals surface area contributed by atoms with E-state index in [1.807, 2.05) is 18.2 Å². The van der Waals surface area contributed by atoms with Crippen molar-refractivity contribution in [2.75, 3.05) is 57.8 Å². The Morgan fingerprint density at radius 1 is 1.03 bits per heavy atom. The number of halogens is 1. The van der Waals surface area contributed by atoms with E-state index in [1.165, 1.54) is 29.2 Å². The number of hydrogen-bond acceptors (Lipinski definition) is 5. The zero-order chi connectivity index (χ0) is 23.0. The van der Waals surface area contributed by atoms with Crippen molar-refractivity contribution in [3.8, 4) is 0 Å². The van der Waals surface area contributed by atoms with Gasteiger partial charge in [-0.15, -0.1) is 0 Å². The normalized spacial score (nSPS) is 15.2. The third-order valence-electron chi connectivity index (χ3n) is 5.64. The molecule has 2 aromatic carbocycles. The molecule has 174 valence electrons. The molecule has 1 heterocycles. The van der Waals surface area contributed by atoms with E-state index >= 15 is 0 Å². The number of sulfonamides is 1. The van der Waals surface area contributed by atoms with E-state index in [2.05, 4.69) is 27.2 Å². The zero-order valence-corrected chi connectivity index (χ0v) is 19.2. The highest BCUT2D eigenvalue weighted by Crippen LogP contribution is 2.16. The predicted molar refractivity (Wildman–Crippen MR) is 124 cm³/mol. The fourth-order valence-corrected chi connectivity index (χ4v) is 4.89. The van der Waals surface area contributed by atoms with E-state index < -0.39 is 15.8 Å². The summed E-state index contributed by atoms with van der Waals surface area (Å²) in [6.45, 7) is 5.43. The topological polar surface area (TPSA) is 73.0 Å². The Kier molecular flexibility index (Phi) is 8.60. The molecule has 1 aliphatic heterocycles. The van der Waals surface area contributed by atoms with E-state index in [-0.39, 0.29) is 23.8 Å². The van der Waals surface area contributed by atoms with Crippen LogP contribution in [0.1, 0.15) is 12.8 Å². The first kappa shape index (κ1) is 24.2. The van der Waals surface area contributed by atoms with Crippen LogP contribution in [-0.4, -0.2) is 76.4 Å². The van der Waals surface area contributed by atoms with E-state index in [1.54, 1.807) is 0 Å². The summed E-state index contributed by atoms with van der Waals surface area (Å²) in [6, 6.07) is 15.1. The van der Waals surface area contributed by atoms with E-state index in [0.717, 1.165) is 44.9 Å². The Morgan fingerprint density at radius 2 is 1.69 bits per heavy atom. The molecule has 1 N–H and O–H groups in total. The minimum absolute atomic E-state index is 0.0400. The molecule has 0 bridgehead atoms. The van der Waals surface area contributed by atoms with Crippen molar-refractivity contribution in [2.45, 2.75) is 17.7 Å². The van der Waals surface area contributed by atoms with Crippen LogP contribution < -0.4 is 10.2 Å². The molecule has 1 amide bonds. The molecule has 9 heteroatoms. The molecule has 0 spiro atoms. The van der Waals surface area contributed by atoms with Crippen molar-refractivity contribution < 1.29 is 17.6 Å². The molecule has 0 radical (unpaired) electrons. The second-order valence-corrected chi connectivity index (χ2v) is 9.94. The van der Waals surface area contributed by atoms with Crippen LogP contribution in [0.4, 0.5) is 10.1 Å². The number of carbonyl (C=O) groups is 1. The van der Waals surface area contributed by atoms with Crippen molar-refractivity contribution in [1.82, 2.24) is 14.5 Å². The number of rotatable bonds is 10. The van der Waals surface area contributed by atoms with Crippen LogP contribution >= 0.6 is 0 Å². The minimum atomic E-state index is -3.69. The third kappa shape index (κ3) is 6.75. The molecule has 3 rings (SSSR count). The number of amides is 1. The largest absolute Gasteiger partial charge is 0.369 e. The van der Waals surface area contributed by atoms with Gasteiger partial charge in [0, 0.05) is 65.0 Å². The van der Waals surface area contributed by atoms with Crippen molar-refractivity contribution >= 4 is 21.6 Å². The van der Waals surface area contributed by atoms with Crippen LogP contribution in [-0.2, 0) is 14.8 Å². The highest BCUT2D eigenvalue weighted by atomic mass is 32.2. The lowest BCUT2D eigenvalue weighted by atomic mass is 10.2. The molecule has 32 heavy (non-hydrogen) atoms. The van der Waals surface area contributed by atoms with Crippen molar-refractivity contribution in [3.63, 3.8) is 0 Å². The van der Waals surface area contributed by atoms with Crippen LogP contribution in [0, 0.1) is 5.82 Å². The van der Waals surface area contributed by atoms with E-state index in [9.17, 15) is 17.6 Å². The maximum atomic E-state index is 13.0. The predicted octanol–water partition coefficient (Wildman–Crippen LogP) is 2.16. The Hall–Kier alpha value is -2.49. The maximum absolute atomic E-state index is 13.0. The number of hydrogen-bond donors (Lipinski definition) is 1. The van der Waals surface area contributed by atoms with Crippen LogP contribution in [0.25, 0.3) is 0 Å². The van der Waals surface area contributed by atoms with Gasteiger partial charge in [-0.2, -0.15) is 0 Å². The van der Waals surface area contributed by atoms with Crippen LogP contribution in [0.15, 0.2) is 59.5 Å². The Morgan fingerprint density at radius 3 is 2.34 bits per heavy atom. The summed E-state index contributed by atoms with van der Waals surface area (Å²) in [6.07, 6.45) is 0.670. The molecule has 1 fully saturated rings. The minimum Gasteiger partial charge on any atom is -0.369 e. The highest BCUT2D eigenvalue weighted by molar-refractivity contribution is 7.89. The molecule has 0 atom stereocenters. The Bertz CT molecular complexity index is 962. The second-order valence-electron chi connectivity index (χ2n) is 7.90. The van der Waals surface area contributed by atoms with Gasteiger partial charge < -0.3 is 10.2 Å². The number of carbonyl (C=O) groups excluding carboxylic acids is 1. The summed E-state index contributed by atoms with van der Waals surface area (Å²) in [5.41, 5.74) is 1.24. The lowest BCUT2D eigenvalue weighted by Crippen LogP contribution is -2.48. The van der Waals surface area contributed by atoms with Gasteiger partial charge in [0.15, 0.2) is 0 Å². The van der Waals surface area contributed by atoms with Gasteiger partial charge in [0.25, 0.3) is 0 Å². The summed E-state index contributed by atoms with van der Waals surface area (Å²) < 4.78 is 39.2. The summed E-state index contributed by atoms with van der Waals surface area (Å²) in [7, 11) is -2.22. The van der Waals surface area contributed by atoms with Crippen LogP contribution in [0.3, 0.4) is 0 Å². The van der Waals surface area contributed by atoms with Gasteiger partial charge in [0.05, 0.1) is 4.90 Å². The Balaban J connectivity index is 1.31. The number of nitrogens with zero attached hydrogens (tertiary/aromatic N) is 3. The molecule has 1 aliphatic rings. The number of anilines is 1. The second kappa shape index (κ2) is 11.4. The van der Waals surface area contributed by atoms with Gasteiger partial charge in [-0.3, -0.25) is 9.69 Å². The summed E-state index contributed by atoms with van der Waals surface area (Å²) >= 11 is 0. The van der Waals surface area contributed by atoms with E-state index in [4.69, 9.17) is 0 Å². The molecule has 0 saturated carbocycles. The lowest BCUT2D eigenvalue weighted by molar-refractivity contribution is -0.121. The van der Waals surface area contributed by atoms with Gasteiger partial charge in [-0.25, -0.2) is 17.1 Å². The zero-order valence-electron chi connectivity index (χ0n) is 18.4. The van der Waals surface area contributed by atoms with Crippen molar-refractivity contribution in [2.24, 2.45) is 0 Å². The Labute approximate surface area is 189 Å². The number of benzene rings is 2. The SMILES string of the molecule is CN(CCCC(=O)NCCN1CCN(c2ccccc2)CC1)S(=O)(=O)c1ccc(F)cc1. The molecule has 2 aromatic rings. The average molecular weight is 463 g/mol. The van der Waals surface area contributed by atoms with Crippen molar-refractivity contribution in [1.29, 1.82) is 0 Å². The van der Waals surface area contributed by atoms with E-state index in [0.29, 0.717) is 13.0 Å². The molecular formula is C23H31FN4O3S. The fraction of sp³-hybridized carbons (Fsp3) is 0.435. The maximum Gasteiger partial charge on any atom is 0.242 e. The summed E-state index contributed by atoms with van der Waals surface area (Å²) in [5.74, 6) is -0.568. The quantitative estimate of drug-likeness (QED) is 0.586. The van der Waals surface area contributed by atoms with Gasteiger partial charge in [0.1, 0.15) is 5.82 Å². The van der Waals surface area contributed by atoms with Crippen LogP contribution in [0.2, 0.25) is 0 Å². The molecule has 0 aromatic heterocycles. The number of piperazine rings is 1. The lowest BCUT2D eigenvalue weighted by Gasteiger charge is -2.36. The third-order valence-corrected chi connectivity index (χ3v) is 7.51. The standard InChI is InChI=1S/C23H31FN4O3S/c1-26(32(30,31)22-11-9-20(24)10-12-22)14-5-8-23(29)25-13-15-27-16-18-28(19-17-27)21-6-3-2-4-7-21/h2-4,6-7,9-12H,5,8,13-19H2,1H3,(H,25,29). The first-order valence-corrected chi connectivity index (χ1v) is 12.3. The smallest absolute Gasteiger partial charge is 0.242 e. The van der Waals surface area contributed by atoms with Crippen LogP contribution in [0.5, 0.6) is 0 Å². The molecule has 1 saturated heterocycles. The fourth-order valence-electron chi connectivity index (χ4n) is 3.68. The highest BCUT2D eigenvalue weighted by Gasteiger charge is 2.21. The van der Waals surface area contributed by atoms with Crippen molar-refractivity contribution in [3.05, 3.63) is 60.4 Å². The number of para-hydroxylation sites is 1. The first-order chi connectivity index (χ1) is 15.4.